The Morgan fingerprint density at radius 1 is 1.43 bits per heavy atom. The third kappa shape index (κ3) is 2.83. The van der Waals surface area contributed by atoms with E-state index in [0.717, 1.165) is 5.56 Å². The van der Waals surface area contributed by atoms with Gasteiger partial charge in [0.25, 0.3) is 0 Å². The van der Waals surface area contributed by atoms with E-state index >= 15 is 0 Å². The Balaban J connectivity index is 2.57. The molecule has 1 aromatic rings. The second-order valence-corrected chi connectivity index (χ2v) is 2.90. The smallest absolute Gasteiger partial charge is 0.241 e. The second kappa shape index (κ2) is 5.36. The molecule has 0 saturated carbocycles. The third-order valence-corrected chi connectivity index (χ3v) is 1.85. The Hall–Kier alpha value is -1.39. The molecule has 14 heavy (non-hydrogen) atoms. The van der Waals surface area contributed by atoms with E-state index in [2.05, 4.69) is 5.32 Å². The lowest BCUT2D eigenvalue weighted by molar-refractivity contribution is -0.122. The van der Waals surface area contributed by atoms with Crippen LogP contribution in [0.1, 0.15) is 11.6 Å². The number of rotatable bonds is 4. The number of aliphatic hydroxyl groups is 1. The Kier molecular flexibility index (Phi) is 4.10. The summed E-state index contributed by atoms with van der Waals surface area (Å²) in [7, 11) is 0. The van der Waals surface area contributed by atoms with Crippen LogP contribution in [0.5, 0.6) is 0 Å². The van der Waals surface area contributed by atoms with Crippen molar-refractivity contribution in [3.8, 4) is 0 Å². The summed E-state index contributed by atoms with van der Waals surface area (Å²) < 4.78 is 0. The van der Waals surface area contributed by atoms with Gasteiger partial charge in [0.2, 0.25) is 5.91 Å². The molecule has 1 rings (SSSR count). The first kappa shape index (κ1) is 10.7. The van der Waals surface area contributed by atoms with Gasteiger partial charge < -0.3 is 16.2 Å². The van der Waals surface area contributed by atoms with Crippen LogP contribution < -0.4 is 11.1 Å². The van der Waals surface area contributed by atoms with Crippen molar-refractivity contribution in [2.75, 3.05) is 13.2 Å². The number of carbonyl (C=O) groups is 1. The van der Waals surface area contributed by atoms with Gasteiger partial charge >= 0.3 is 0 Å². The van der Waals surface area contributed by atoms with Crippen LogP contribution in [-0.4, -0.2) is 24.2 Å². The van der Waals surface area contributed by atoms with Crippen LogP contribution in [0.3, 0.4) is 0 Å². The summed E-state index contributed by atoms with van der Waals surface area (Å²) in [4.78, 5) is 11.4. The summed E-state index contributed by atoms with van der Waals surface area (Å²) >= 11 is 0. The van der Waals surface area contributed by atoms with Crippen molar-refractivity contribution in [1.82, 2.24) is 5.32 Å². The van der Waals surface area contributed by atoms with Crippen molar-refractivity contribution in [2.24, 2.45) is 5.73 Å². The Morgan fingerprint density at radius 3 is 2.64 bits per heavy atom. The summed E-state index contributed by atoms with van der Waals surface area (Å²) in [5, 5.41) is 11.0. The number of aliphatic hydroxyl groups excluding tert-OH is 1. The minimum absolute atomic E-state index is 0.0761. The Morgan fingerprint density at radius 2 is 2.07 bits per heavy atom. The minimum atomic E-state index is -0.664. The maximum absolute atomic E-state index is 11.4. The molecular weight excluding hydrogens is 180 g/mol. The number of benzene rings is 1. The molecule has 0 aliphatic rings. The fourth-order valence-electron chi connectivity index (χ4n) is 1.10. The van der Waals surface area contributed by atoms with Crippen molar-refractivity contribution >= 4 is 5.91 Å². The van der Waals surface area contributed by atoms with Crippen LogP contribution in [0.25, 0.3) is 0 Å². The van der Waals surface area contributed by atoms with E-state index in [4.69, 9.17) is 10.8 Å². The first-order valence-electron chi connectivity index (χ1n) is 4.45. The van der Waals surface area contributed by atoms with Gasteiger partial charge in [-0.3, -0.25) is 4.79 Å². The van der Waals surface area contributed by atoms with E-state index in [1.54, 1.807) is 12.1 Å². The summed E-state index contributed by atoms with van der Waals surface area (Å²) in [6.45, 7) is 0.159. The van der Waals surface area contributed by atoms with Crippen molar-refractivity contribution in [3.63, 3.8) is 0 Å². The highest BCUT2D eigenvalue weighted by molar-refractivity contribution is 5.82. The quantitative estimate of drug-likeness (QED) is 0.621. The number of hydrogen-bond donors (Lipinski definition) is 3. The molecule has 76 valence electrons. The average Bonchev–Trinajstić information content (AvgIpc) is 2.26. The fourth-order valence-corrected chi connectivity index (χ4v) is 1.10. The minimum Gasteiger partial charge on any atom is -0.395 e. The Bertz CT molecular complexity index is 287. The summed E-state index contributed by atoms with van der Waals surface area (Å²) in [5.41, 5.74) is 6.45. The Labute approximate surface area is 82.7 Å². The molecule has 4 N–H and O–H groups in total. The molecule has 0 spiro atoms. The summed E-state index contributed by atoms with van der Waals surface area (Å²) in [5.74, 6) is -0.273. The molecule has 0 bridgehead atoms. The lowest BCUT2D eigenvalue weighted by Gasteiger charge is -2.11. The summed E-state index contributed by atoms with van der Waals surface area (Å²) in [6, 6.07) is 8.44. The van der Waals surface area contributed by atoms with E-state index in [9.17, 15) is 4.79 Å². The van der Waals surface area contributed by atoms with Gasteiger partial charge in [-0.05, 0) is 5.56 Å². The zero-order valence-corrected chi connectivity index (χ0v) is 7.81. The number of amides is 1. The van der Waals surface area contributed by atoms with Crippen LogP contribution in [0.4, 0.5) is 0 Å². The fraction of sp³-hybridized carbons (Fsp3) is 0.300. The maximum Gasteiger partial charge on any atom is 0.241 e. The molecule has 0 unspecified atom stereocenters. The van der Waals surface area contributed by atoms with Crippen LogP contribution in [-0.2, 0) is 4.79 Å². The van der Waals surface area contributed by atoms with Crippen molar-refractivity contribution < 1.29 is 9.90 Å². The van der Waals surface area contributed by atoms with Gasteiger partial charge in [-0.2, -0.15) is 0 Å². The normalized spacial score (nSPS) is 12.1. The van der Waals surface area contributed by atoms with Crippen LogP contribution in [0, 0.1) is 0 Å². The number of carbonyl (C=O) groups excluding carboxylic acids is 1. The lowest BCUT2D eigenvalue weighted by Crippen LogP contribution is -2.35. The summed E-state index contributed by atoms with van der Waals surface area (Å²) in [6.07, 6.45) is 0. The highest BCUT2D eigenvalue weighted by Crippen LogP contribution is 2.08. The predicted octanol–water partition coefficient (Wildman–Crippen LogP) is -0.205. The van der Waals surface area contributed by atoms with E-state index < -0.39 is 6.04 Å². The van der Waals surface area contributed by atoms with Crippen LogP contribution >= 0.6 is 0 Å². The predicted molar refractivity (Wildman–Crippen MR) is 53.5 cm³/mol. The SMILES string of the molecule is N[C@@H](C(=O)NCCO)c1ccccc1. The van der Waals surface area contributed by atoms with Gasteiger partial charge in [0.05, 0.1) is 6.61 Å². The van der Waals surface area contributed by atoms with E-state index in [1.165, 1.54) is 0 Å². The topological polar surface area (TPSA) is 75.4 Å². The molecule has 0 heterocycles. The first-order chi connectivity index (χ1) is 6.75. The molecule has 0 saturated heterocycles. The molecular formula is C10H14N2O2. The van der Waals surface area contributed by atoms with Gasteiger partial charge in [-0.25, -0.2) is 0 Å². The van der Waals surface area contributed by atoms with Crippen LogP contribution in [0.2, 0.25) is 0 Å². The zero-order chi connectivity index (χ0) is 10.4. The molecule has 0 aliphatic heterocycles. The number of nitrogens with two attached hydrogens (primary N) is 1. The van der Waals surface area contributed by atoms with Gasteiger partial charge in [0.15, 0.2) is 0 Å². The highest BCUT2D eigenvalue weighted by Gasteiger charge is 2.13. The van der Waals surface area contributed by atoms with Gasteiger partial charge in [0, 0.05) is 6.54 Å². The monoisotopic (exact) mass is 194 g/mol. The van der Waals surface area contributed by atoms with Gasteiger partial charge in [-0.15, -0.1) is 0 Å². The molecule has 1 aromatic carbocycles. The lowest BCUT2D eigenvalue weighted by atomic mass is 10.1. The molecule has 0 aliphatic carbocycles. The second-order valence-electron chi connectivity index (χ2n) is 2.90. The molecule has 0 fully saturated rings. The van der Waals surface area contributed by atoms with E-state index in [0.29, 0.717) is 0 Å². The van der Waals surface area contributed by atoms with Crippen molar-refractivity contribution in [1.29, 1.82) is 0 Å². The maximum atomic E-state index is 11.4. The van der Waals surface area contributed by atoms with Crippen molar-refractivity contribution in [2.45, 2.75) is 6.04 Å². The van der Waals surface area contributed by atoms with E-state index in [1.807, 2.05) is 18.2 Å². The molecule has 1 atom stereocenters. The number of nitrogens with one attached hydrogen (secondary N) is 1. The molecule has 0 aromatic heterocycles. The molecule has 4 heteroatoms. The highest BCUT2D eigenvalue weighted by atomic mass is 16.3. The zero-order valence-electron chi connectivity index (χ0n) is 7.81. The first-order valence-corrected chi connectivity index (χ1v) is 4.45. The van der Waals surface area contributed by atoms with Crippen molar-refractivity contribution in [3.05, 3.63) is 35.9 Å². The average molecular weight is 194 g/mol. The van der Waals surface area contributed by atoms with E-state index in [-0.39, 0.29) is 19.1 Å². The number of hydrogen-bond acceptors (Lipinski definition) is 3. The van der Waals surface area contributed by atoms with Gasteiger partial charge in [-0.1, -0.05) is 30.3 Å². The molecule has 4 nitrogen and oxygen atoms in total. The largest absolute Gasteiger partial charge is 0.395 e. The standard InChI is InChI=1S/C10H14N2O2/c11-9(10(14)12-6-7-13)8-4-2-1-3-5-8/h1-5,9,13H,6-7,11H2,(H,12,14)/t9-/m1/s1. The molecule has 0 radical (unpaired) electrons. The third-order valence-electron chi connectivity index (χ3n) is 1.85. The van der Waals surface area contributed by atoms with Gasteiger partial charge in [0.1, 0.15) is 6.04 Å². The van der Waals surface area contributed by atoms with Crippen LogP contribution in [0.15, 0.2) is 30.3 Å². The molecule has 1 amide bonds.